The van der Waals surface area contributed by atoms with Crippen molar-refractivity contribution in [2.24, 2.45) is 29.6 Å². The molecule has 0 bridgehead atoms. The lowest BCUT2D eigenvalue weighted by atomic mass is 9.68. The molecular weight excluding hydrogens is 192 g/mol. The van der Waals surface area contributed by atoms with Gasteiger partial charge in [-0.2, -0.15) is 0 Å². The van der Waals surface area contributed by atoms with Gasteiger partial charge in [0.05, 0.1) is 0 Å². The van der Waals surface area contributed by atoms with Crippen LogP contribution in [-0.2, 0) is 0 Å². The summed E-state index contributed by atoms with van der Waals surface area (Å²) in [6.45, 7) is 12.0. The summed E-state index contributed by atoms with van der Waals surface area (Å²) < 4.78 is 0. The van der Waals surface area contributed by atoms with Crippen LogP contribution in [0.15, 0.2) is 0 Å². The third kappa shape index (κ3) is 3.79. The molecule has 3 atom stereocenters. The quantitative estimate of drug-likeness (QED) is 0.576. The van der Waals surface area contributed by atoms with Crippen molar-refractivity contribution >= 4 is 0 Å². The Hall–Kier alpha value is 0. The van der Waals surface area contributed by atoms with E-state index in [4.69, 9.17) is 0 Å². The monoisotopic (exact) mass is 224 g/mol. The molecule has 0 saturated heterocycles. The lowest BCUT2D eigenvalue weighted by Crippen LogP contribution is -2.28. The van der Waals surface area contributed by atoms with Gasteiger partial charge in [-0.25, -0.2) is 0 Å². The van der Waals surface area contributed by atoms with Gasteiger partial charge in [-0.15, -0.1) is 0 Å². The van der Waals surface area contributed by atoms with E-state index < -0.39 is 0 Å². The van der Waals surface area contributed by atoms with Gasteiger partial charge in [-0.1, -0.05) is 66.7 Å². The summed E-state index contributed by atoms with van der Waals surface area (Å²) in [6.07, 6.45) is 8.82. The summed E-state index contributed by atoms with van der Waals surface area (Å²) in [5, 5.41) is 0. The van der Waals surface area contributed by atoms with Gasteiger partial charge in [0, 0.05) is 0 Å². The van der Waals surface area contributed by atoms with Crippen LogP contribution in [0.3, 0.4) is 0 Å². The molecule has 3 unspecified atom stereocenters. The molecule has 0 aliphatic heterocycles. The van der Waals surface area contributed by atoms with Crippen molar-refractivity contribution in [2.75, 3.05) is 0 Å². The topological polar surface area (TPSA) is 0 Å². The zero-order valence-corrected chi connectivity index (χ0v) is 12.1. The molecule has 1 saturated carbocycles. The number of hydrogen-bond acceptors (Lipinski definition) is 0. The number of hydrogen-bond donors (Lipinski definition) is 0. The van der Waals surface area contributed by atoms with E-state index in [1.165, 1.54) is 38.5 Å². The lowest BCUT2D eigenvalue weighted by Gasteiger charge is -2.38. The van der Waals surface area contributed by atoms with E-state index in [0.717, 1.165) is 29.6 Å². The van der Waals surface area contributed by atoms with Crippen LogP contribution in [0.5, 0.6) is 0 Å². The average molecular weight is 224 g/mol. The van der Waals surface area contributed by atoms with E-state index in [1.807, 2.05) is 0 Å². The molecule has 0 amide bonds. The zero-order chi connectivity index (χ0) is 12.1. The summed E-state index contributed by atoms with van der Waals surface area (Å²) in [4.78, 5) is 0. The summed E-state index contributed by atoms with van der Waals surface area (Å²) in [5.41, 5.74) is 0. The Labute approximate surface area is 103 Å². The molecule has 0 heterocycles. The van der Waals surface area contributed by atoms with Crippen molar-refractivity contribution in [1.29, 1.82) is 0 Å². The van der Waals surface area contributed by atoms with Crippen LogP contribution in [-0.4, -0.2) is 0 Å². The standard InChI is InChI=1S/C16H32/c1-6-8-16(13(4)5)15-10-7-9-14(11-15)12(2)3/h12-16H,6-11H2,1-5H3. The van der Waals surface area contributed by atoms with Gasteiger partial charge in [0.1, 0.15) is 0 Å². The molecule has 0 heteroatoms. The summed E-state index contributed by atoms with van der Waals surface area (Å²) in [5.74, 6) is 4.82. The number of rotatable bonds is 5. The Morgan fingerprint density at radius 1 is 1.00 bits per heavy atom. The average Bonchev–Trinajstić information content (AvgIpc) is 2.25. The highest BCUT2D eigenvalue weighted by atomic mass is 14.4. The van der Waals surface area contributed by atoms with E-state index in [1.54, 1.807) is 0 Å². The molecule has 0 aromatic heterocycles. The van der Waals surface area contributed by atoms with Crippen molar-refractivity contribution in [1.82, 2.24) is 0 Å². The van der Waals surface area contributed by atoms with Crippen LogP contribution in [0.4, 0.5) is 0 Å². The molecule has 0 aromatic carbocycles. The Bertz CT molecular complexity index is 180. The van der Waals surface area contributed by atoms with Crippen LogP contribution < -0.4 is 0 Å². The second-order valence-corrected chi connectivity index (χ2v) is 6.63. The minimum absolute atomic E-state index is 0.885. The smallest absolute Gasteiger partial charge is 0.0363 e. The fraction of sp³-hybridized carbons (Fsp3) is 1.00. The largest absolute Gasteiger partial charge is 0.0654 e. The Balaban J connectivity index is 2.55. The van der Waals surface area contributed by atoms with Crippen LogP contribution in [0.2, 0.25) is 0 Å². The maximum absolute atomic E-state index is 2.43. The molecular formula is C16H32. The molecule has 1 aliphatic rings. The molecule has 1 aliphatic carbocycles. The summed E-state index contributed by atoms with van der Waals surface area (Å²) >= 11 is 0. The molecule has 0 radical (unpaired) electrons. The van der Waals surface area contributed by atoms with E-state index in [0.29, 0.717) is 0 Å². The predicted molar refractivity (Wildman–Crippen MR) is 73.5 cm³/mol. The molecule has 0 N–H and O–H groups in total. The first kappa shape index (κ1) is 14.1. The minimum Gasteiger partial charge on any atom is -0.0654 e. The molecule has 0 spiro atoms. The van der Waals surface area contributed by atoms with Gasteiger partial charge in [0.25, 0.3) is 0 Å². The van der Waals surface area contributed by atoms with Crippen LogP contribution in [0.1, 0.15) is 73.1 Å². The second-order valence-electron chi connectivity index (χ2n) is 6.63. The van der Waals surface area contributed by atoms with Crippen molar-refractivity contribution in [3.05, 3.63) is 0 Å². The third-order valence-electron chi connectivity index (χ3n) is 4.78. The van der Waals surface area contributed by atoms with Crippen LogP contribution in [0, 0.1) is 29.6 Å². The highest BCUT2D eigenvalue weighted by Gasteiger charge is 2.30. The normalized spacial score (nSPS) is 28.7. The van der Waals surface area contributed by atoms with E-state index in [-0.39, 0.29) is 0 Å². The van der Waals surface area contributed by atoms with Gasteiger partial charge in [0.15, 0.2) is 0 Å². The second kappa shape index (κ2) is 6.67. The van der Waals surface area contributed by atoms with E-state index in [2.05, 4.69) is 34.6 Å². The van der Waals surface area contributed by atoms with Gasteiger partial charge < -0.3 is 0 Å². The van der Waals surface area contributed by atoms with E-state index >= 15 is 0 Å². The molecule has 0 nitrogen and oxygen atoms in total. The Morgan fingerprint density at radius 3 is 2.12 bits per heavy atom. The molecule has 1 fully saturated rings. The maximum atomic E-state index is 2.43. The van der Waals surface area contributed by atoms with Gasteiger partial charge in [-0.3, -0.25) is 0 Å². The van der Waals surface area contributed by atoms with Gasteiger partial charge in [-0.05, 0) is 36.0 Å². The van der Waals surface area contributed by atoms with Crippen molar-refractivity contribution in [3.8, 4) is 0 Å². The zero-order valence-electron chi connectivity index (χ0n) is 12.1. The highest BCUT2D eigenvalue weighted by Crippen LogP contribution is 2.41. The van der Waals surface area contributed by atoms with Crippen molar-refractivity contribution in [2.45, 2.75) is 73.1 Å². The Morgan fingerprint density at radius 2 is 1.62 bits per heavy atom. The minimum atomic E-state index is 0.885. The molecule has 1 rings (SSSR count). The first-order valence-corrected chi connectivity index (χ1v) is 7.56. The molecule has 0 aromatic rings. The Kier molecular flexibility index (Phi) is 5.86. The fourth-order valence-electron chi connectivity index (χ4n) is 3.71. The van der Waals surface area contributed by atoms with Crippen LogP contribution >= 0.6 is 0 Å². The lowest BCUT2D eigenvalue weighted by molar-refractivity contribution is 0.128. The predicted octanol–water partition coefficient (Wildman–Crippen LogP) is 5.52. The van der Waals surface area contributed by atoms with Crippen LogP contribution in [0.25, 0.3) is 0 Å². The van der Waals surface area contributed by atoms with E-state index in [9.17, 15) is 0 Å². The molecule has 16 heavy (non-hydrogen) atoms. The SMILES string of the molecule is CCCC(C(C)C)C1CCCC(C(C)C)C1. The molecule has 96 valence electrons. The van der Waals surface area contributed by atoms with Crippen molar-refractivity contribution < 1.29 is 0 Å². The van der Waals surface area contributed by atoms with Crippen molar-refractivity contribution in [3.63, 3.8) is 0 Å². The first-order chi connectivity index (χ1) is 7.56. The third-order valence-corrected chi connectivity index (χ3v) is 4.78. The maximum Gasteiger partial charge on any atom is -0.0363 e. The highest BCUT2D eigenvalue weighted by molar-refractivity contribution is 4.81. The first-order valence-electron chi connectivity index (χ1n) is 7.56. The van der Waals surface area contributed by atoms with Gasteiger partial charge in [0.2, 0.25) is 0 Å². The fourth-order valence-corrected chi connectivity index (χ4v) is 3.71. The summed E-state index contributed by atoms with van der Waals surface area (Å²) in [7, 11) is 0. The van der Waals surface area contributed by atoms with Gasteiger partial charge >= 0.3 is 0 Å². The summed E-state index contributed by atoms with van der Waals surface area (Å²) in [6, 6.07) is 0.